The highest BCUT2D eigenvalue weighted by Gasteiger charge is 2.23. The van der Waals surface area contributed by atoms with E-state index in [0.717, 1.165) is 0 Å². The molecule has 1 amide bonds. The molecule has 7 nitrogen and oxygen atoms in total. The van der Waals surface area contributed by atoms with Crippen LogP contribution in [0, 0.1) is 12.7 Å². The van der Waals surface area contributed by atoms with Crippen molar-refractivity contribution in [2.24, 2.45) is 0 Å². The normalized spacial score (nSPS) is 11.6. The highest BCUT2D eigenvalue weighted by Crippen LogP contribution is 2.23. The topological polar surface area (TPSA) is 82.5 Å². The Labute approximate surface area is 179 Å². The van der Waals surface area contributed by atoms with E-state index in [4.69, 9.17) is 9.47 Å². The molecule has 1 heterocycles. The largest absolute Gasteiger partial charge is 0.497 e. The fourth-order valence-electron chi connectivity index (χ4n) is 3.21. The molecule has 0 aliphatic heterocycles. The molecule has 0 aliphatic rings. The van der Waals surface area contributed by atoms with Crippen LogP contribution in [-0.4, -0.2) is 35.4 Å². The molecule has 0 fully saturated rings. The standard InChI is InChI=1S/C23H24FN3O4/c1-4-31-22(28)13-21(16-6-5-7-19(12-16)30-3)26-23(29)20-14-25-27(15(20)2)18-10-8-17(24)9-11-18/h5-12,14,21H,4,13H2,1-3H3,(H,26,29). The van der Waals surface area contributed by atoms with Gasteiger partial charge in [0, 0.05) is 0 Å². The minimum atomic E-state index is -0.616. The van der Waals surface area contributed by atoms with Gasteiger partial charge < -0.3 is 14.8 Å². The first-order valence-corrected chi connectivity index (χ1v) is 9.84. The Morgan fingerprint density at radius 1 is 1.19 bits per heavy atom. The number of hydrogen-bond acceptors (Lipinski definition) is 5. The Hall–Kier alpha value is -3.68. The van der Waals surface area contributed by atoms with Crippen LogP contribution in [0.25, 0.3) is 5.69 Å². The molecule has 3 aromatic rings. The van der Waals surface area contributed by atoms with Gasteiger partial charge in [-0.05, 0) is 55.8 Å². The Morgan fingerprint density at radius 2 is 1.94 bits per heavy atom. The van der Waals surface area contributed by atoms with Crippen molar-refractivity contribution in [3.63, 3.8) is 0 Å². The van der Waals surface area contributed by atoms with Crippen LogP contribution >= 0.6 is 0 Å². The van der Waals surface area contributed by atoms with E-state index >= 15 is 0 Å². The van der Waals surface area contributed by atoms with Gasteiger partial charge in [0.25, 0.3) is 5.91 Å². The summed E-state index contributed by atoms with van der Waals surface area (Å²) in [5.74, 6) is -0.551. The average Bonchev–Trinajstić information content (AvgIpc) is 3.15. The molecule has 0 aliphatic carbocycles. The number of nitrogens with one attached hydrogen (secondary N) is 1. The Bertz CT molecular complexity index is 1060. The minimum absolute atomic E-state index is 0.0299. The lowest BCUT2D eigenvalue weighted by molar-refractivity contribution is -0.143. The summed E-state index contributed by atoms with van der Waals surface area (Å²) in [4.78, 5) is 25.2. The van der Waals surface area contributed by atoms with E-state index in [0.29, 0.717) is 28.3 Å². The molecule has 1 aromatic heterocycles. The zero-order valence-corrected chi connectivity index (χ0v) is 17.6. The maximum Gasteiger partial charge on any atom is 0.308 e. The first kappa shape index (κ1) is 22.0. The molecular formula is C23H24FN3O4. The quantitative estimate of drug-likeness (QED) is 0.556. The molecule has 0 saturated heterocycles. The van der Waals surface area contributed by atoms with Gasteiger partial charge in [-0.25, -0.2) is 9.07 Å². The van der Waals surface area contributed by atoms with Crippen molar-refractivity contribution in [2.75, 3.05) is 13.7 Å². The molecule has 0 spiro atoms. The summed E-state index contributed by atoms with van der Waals surface area (Å²) in [6.07, 6.45) is 1.42. The van der Waals surface area contributed by atoms with Gasteiger partial charge in [0.2, 0.25) is 0 Å². The van der Waals surface area contributed by atoms with Gasteiger partial charge in [0.05, 0.1) is 49.3 Å². The predicted octanol–water partition coefficient (Wildman–Crippen LogP) is 3.75. The van der Waals surface area contributed by atoms with Crippen molar-refractivity contribution in [1.29, 1.82) is 0 Å². The van der Waals surface area contributed by atoms with Gasteiger partial charge in [0.1, 0.15) is 11.6 Å². The van der Waals surface area contributed by atoms with E-state index in [-0.39, 0.29) is 24.8 Å². The summed E-state index contributed by atoms with van der Waals surface area (Å²) in [6, 6.07) is 12.3. The summed E-state index contributed by atoms with van der Waals surface area (Å²) in [5.41, 5.74) is 2.28. The molecule has 31 heavy (non-hydrogen) atoms. The number of esters is 1. The zero-order valence-electron chi connectivity index (χ0n) is 17.6. The number of carbonyl (C=O) groups is 2. The first-order chi connectivity index (χ1) is 14.9. The second-order valence-electron chi connectivity index (χ2n) is 6.84. The number of carbonyl (C=O) groups excluding carboxylic acids is 2. The third kappa shape index (κ3) is 5.28. The molecule has 1 atom stereocenters. The molecule has 2 aromatic carbocycles. The van der Waals surface area contributed by atoms with Gasteiger partial charge in [-0.1, -0.05) is 12.1 Å². The van der Waals surface area contributed by atoms with E-state index < -0.39 is 12.0 Å². The summed E-state index contributed by atoms with van der Waals surface area (Å²) in [7, 11) is 1.55. The number of hydrogen-bond donors (Lipinski definition) is 1. The second kappa shape index (κ2) is 9.88. The number of aromatic nitrogens is 2. The van der Waals surface area contributed by atoms with Crippen LogP contribution in [0.4, 0.5) is 4.39 Å². The van der Waals surface area contributed by atoms with Crippen LogP contribution in [0.1, 0.15) is 41.0 Å². The van der Waals surface area contributed by atoms with E-state index in [2.05, 4.69) is 10.4 Å². The number of amides is 1. The van der Waals surface area contributed by atoms with Crippen molar-refractivity contribution in [1.82, 2.24) is 15.1 Å². The molecular weight excluding hydrogens is 401 g/mol. The highest BCUT2D eigenvalue weighted by molar-refractivity contribution is 5.95. The summed E-state index contributed by atoms with van der Waals surface area (Å²) in [5, 5.41) is 7.15. The minimum Gasteiger partial charge on any atom is -0.497 e. The number of rotatable bonds is 8. The van der Waals surface area contributed by atoms with Crippen molar-refractivity contribution in [2.45, 2.75) is 26.3 Å². The van der Waals surface area contributed by atoms with E-state index in [1.54, 1.807) is 56.0 Å². The second-order valence-corrected chi connectivity index (χ2v) is 6.84. The molecule has 0 saturated carbocycles. The molecule has 3 rings (SSSR count). The van der Waals surface area contributed by atoms with Gasteiger partial charge in [-0.2, -0.15) is 5.10 Å². The van der Waals surface area contributed by atoms with Crippen LogP contribution in [-0.2, 0) is 9.53 Å². The molecule has 1 N–H and O–H groups in total. The van der Waals surface area contributed by atoms with Crippen LogP contribution in [0.5, 0.6) is 5.75 Å². The van der Waals surface area contributed by atoms with E-state index in [1.165, 1.54) is 18.3 Å². The highest BCUT2D eigenvalue weighted by atomic mass is 19.1. The first-order valence-electron chi connectivity index (χ1n) is 9.84. The Morgan fingerprint density at radius 3 is 2.61 bits per heavy atom. The zero-order chi connectivity index (χ0) is 22.4. The number of methoxy groups -OCH3 is 1. The lowest BCUT2D eigenvalue weighted by Crippen LogP contribution is -2.31. The van der Waals surface area contributed by atoms with Crippen LogP contribution in [0.15, 0.2) is 54.7 Å². The fraction of sp³-hybridized carbons (Fsp3) is 0.261. The molecule has 8 heteroatoms. The third-order valence-electron chi connectivity index (χ3n) is 4.80. The predicted molar refractivity (Wildman–Crippen MR) is 113 cm³/mol. The average molecular weight is 425 g/mol. The van der Waals surface area contributed by atoms with Gasteiger partial charge in [0.15, 0.2) is 0 Å². The third-order valence-corrected chi connectivity index (χ3v) is 4.80. The van der Waals surface area contributed by atoms with Gasteiger partial charge in [-0.3, -0.25) is 9.59 Å². The smallest absolute Gasteiger partial charge is 0.308 e. The van der Waals surface area contributed by atoms with Crippen LogP contribution in [0.3, 0.4) is 0 Å². The summed E-state index contributed by atoms with van der Waals surface area (Å²) < 4.78 is 25.1. The van der Waals surface area contributed by atoms with Crippen molar-refractivity contribution in [3.8, 4) is 11.4 Å². The summed E-state index contributed by atoms with van der Waals surface area (Å²) >= 11 is 0. The Balaban J connectivity index is 1.86. The van der Waals surface area contributed by atoms with Crippen LogP contribution < -0.4 is 10.1 Å². The lowest BCUT2D eigenvalue weighted by Gasteiger charge is -2.19. The molecule has 0 bridgehead atoms. The maximum atomic E-state index is 13.2. The van der Waals surface area contributed by atoms with E-state index in [9.17, 15) is 14.0 Å². The fourth-order valence-corrected chi connectivity index (χ4v) is 3.21. The maximum absolute atomic E-state index is 13.2. The van der Waals surface area contributed by atoms with E-state index in [1.807, 2.05) is 6.07 Å². The van der Waals surface area contributed by atoms with Crippen molar-refractivity contribution < 1.29 is 23.5 Å². The number of halogens is 1. The Kier molecular flexibility index (Phi) is 7.02. The van der Waals surface area contributed by atoms with Gasteiger partial charge >= 0.3 is 5.97 Å². The number of benzene rings is 2. The number of nitrogens with zero attached hydrogens (tertiary/aromatic N) is 2. The number of ether oxygens (including phenoxy) is 2. The monoisotopic (exact) mass is 425 g/mol. The van der Waals surface area contributed by atoms with Gasteiger partial charge in [-0.15, -0.1) is 0 Å². The lowest BCUT2D eigenvalue weighted by atomic mass is 10.0. The molecule has 162 valence electrons. The van der Waals surface area contributed by atoms with Crippen molar-refractivity contribution >= 4 is 11.9 Å². The van der Waals surface area contributed by atoms with Crippen LogP contribution in [0.2, 0.25) is 0 Å². The summed E-state index contributed by atoms with van der Waals surface area (Å²) in [6.45, 7) is 3.72. The SMILES string of the molecule is CCOC(=O)CC(NC(=O)c1cnn(-c2ccc(F)cc2)c1C)c1cccc(OC)c1. The van der Waals surface area contributed by atoms with Crippen molar-refractivity contribution in [3.05, 3.63) is 77.4 Å². The molecule has 0 radical (unpaired) electrons. The molecule has 1 unspecified atom stereocenters.